The van der Waals surface area contributed by atoms with Gasteiger partial charge in [-0.15, -0.1) is 16.4 Å². The van der Waals surface area contributed by atoms with Gasteiger partial charge in [0.25, 0.3) is 5.89 Å². The molecular weight excluding hydrogens is 376 g/mol. The van der Waals surface area contributed by atoms with E-state index in [0.717, 1.165) is 42.0 Å². The minimum atomic E-state index is -0.615. The first-order chi connectivity index (χ1) is 13.7. The molecule has 1 fully saturated rings. The molecule has 0 spiro atoms. The summed E-state index contributed by atoms with van der Waals surface area (Å²) in [5.41, 5.74) is 1.30. The fourth-order valence-electron chi connectivity index (χ4n) is 3.39. The third-order valence-corrected chi connectivity index (χ3v) is 5.69. The second kappa shape index (κ2) is 8.53. The SMILES string of the molecule is O=C(Cn1nc(-c2cccs2)oc1=O)NC1CCN(Cc2ccccc2)CC1. The molecule has 28 heavy (non-hydrogen) atoms. The molecule has 7 nitrogen and oxygen atoms in total. The number of hydrogen-bond acceptors (Lipinski definition) is 6. The Bertz CT molecular complexity index is 957. The second-order valence-corrected chi connectivity index (χ2v) is 7.86. The summed E-state index contributed by atoms with van der Waals surface area (Å²) >= 11 is 1.43. The first-order valence-electron chi connectivity index (χ1n) is 9.35. The van der Waals surface area contributed by atoms with E-state index in [0.29, 0.717) is 0 Å². The number of benzene rings is 1. The Balaban J connectivity index is 1.27. The highest BCUT2D eigenvalue weighted by atomic mass is 32.1. The Labute approximate surface area is 166 Å². The zero-order valence-electron chi connectivity index (χ0n) is 15.4. The van der Waals surface area contributed by atoms with Crippen molar-refractivity contribution in [2.45, 2.75) is 32.0 Å². The molecule has 1 aliphatic rings. The molecular formula is C20H22N4O3S. The molecule has 0 bridgehead atoms. The minimum absolute atomic E-state index is 0.124. The van der Waals surface area contributed by atoms with Gasteiger partial charge in [0.2, 0.25) is 5.91 Å². The van der Waals surface area contributed by atoms with Gasteiger partial charge in [-0.05, 0) is 29.9 Å². The maximum atomic E-state index is 12.3. The van der Waals surface area contributed by atoms with Crippen molar-refractivity contribution in [3.63, 3.8) is 0 Å². The summed E-state index contributed by atoms with van der Waals surface area (Å²) in [7, 11) is 0. The van der Waals surface area contributed by atoms with Crippen LogP contribution in [0.5, 0.6) is 0 Å². The third kappa shape index (κ3) is 4.58. The van der Waals surface area contributed by atoms with Gasteiger partial charge in [-0.25, -0.2) is 4.79 Å². The lowest BCUT2D eigenvalue weighted by Crippen LogP contribution is -2.45. The summed E-state index contributed by atoms with van der Waals surface area (Å²) < 4.78 is 6.22. The Morgan fingerprint density at radius 1 is 1.18 bits per heavy atom. The van der Waals surface area contributed by atoms with Crippen molar-refractivity contribution >= 4 is 17.2 Å². The highest BCUT2D eigenvalue weighted by Crippen LogP contribution is 2.21. The highest BCUT2D eigenvalue weighted by Gasteiger charge is 2.22. The standard InChI is InChI=1S/C20H22N4O3S/c25-18(14-24-20(26)27-19(22-24)17-7-4-12-28-17)21-16-8-10-23(11-9-16)13-15-5-2-1-3-6-15/h1-7,12,16H,8-11,13-14H2,(H,21,25). The molecule has 2 aromatic heterocycles. The predicted octanol–water partition coefficient (Wildman–Crippen LogP) is 2.35. The molecule has 0 aliphatic carbocycles. The largest absolute Gasteiger partial charge is 0.437 e. The molecule has 1 aromatic carbocycles. The van der Waals surface area contributed by atoms with Gasteiger partial charge in [0.1, 0.15) is 6.54 Å². The lowest BCUT2D eigenvalue weighted by molar-refractivity contribution is -0.123. The van der Waals surface area contributed by atoms with Gasteiger partial charge in [0, 0.05) is 25.7 Å². The van der Waals surface area contributed by atoms with Gasteiger partial charge in [0.15, 0.2) is 0 Å². The monoisotopic (exact) mass is 398 g/mol. The quantitative estimate of drug-likeness (QED) is 0.689. The van der Waals surface area contributed by atoms with Crippen LogP contribution in [0.1, 0.15) is 18.4 Å². The summed E-state index contributed by atoms with van der Waals surface area (Å²) in [6, 6.07) is 14.2. The molecule has 1 aliphatic heterocycles. The van der Waals surface area contributed by atoms with Crippen LogP contribution in [-0.4, -0.2) is 39.7 Å². The van der Waals surface area contributed by atoms with E-state index in [4.69, 9.17) is 4.42 Å². The fraction of sp³-hybridized carbons (Fsp3) is 0.350. The van der Waals surface area contributed by atoms with E-state index in [9.17, 15) is 9.59 Å². The van der Waals surface area contributed by atoms with Crippen LogP contribution in [0.15, 0.2) is 57.1 Å². The molecule has 1 N–H and O–H groups in total. The molecule has 0 unspecified atom stereocenters. The van der Waals surface area contributed by atoms with Gasteiger partial charge in [0.05, 0.1) is 4.88 Å². The molecule has 8 heteroatoms. The van der Waals surface area contributed by atoms with E-state index in [2.05, 4.69) is 39.6 Å². The average Bonchev–Trinajstić information content (AvgIpc) is 3.35. The molecule has 3 heterocycles. The van der Waals surface area contributed by atoms with Gasteiger partial charge in [-0.1, -0.05) is 36.4 Å². The number of hydrogen-bond donors (Lipinski definition) is 1. The van der Waals surface area contributed by atoms with E-state index < -0.39 is 5.76 Å². The minimum Gasteiger partial charge on any atom is -0.387 e. The van der Waals surface area contributed by atoms with Crippen LogP contribution >= 0.6 is 11.3 Å². The molecule has 3 aromatic rings. The van der Waals surface area contributed by atoms with E-state index in [1.807, 2.05) is 23.6 Å². The zero-order chi connectivity index (χ0) is 19.3. The number of piperidine rings is 1. The fourth-order valence-corrected chi connectivity index (χ4v) is 4.04. The number of thiophene rings is 1. The number of carbonyl (C=O) groups excluding carboxylic acids is 1. The second-order valence-electron chi connectivity index (χ2n) is 6.91. The lowest BCUT2D eigenvalue weighted by Gasteiger charge is -2.32. The number of aromatic nitrogens is 2. The molecule has 0 saturated carbocycles. The van der Waals surface area contributed by atoms with Crippen LogP contribution in [0.25, 0.3) is 10.8 Å². The predicted molar refractivity (Wildman–Crippen MR) is 107 cm³/mol. The van der Waals surface area contributed by atoms with Gasteiger partial charge < -0.3 is 9.73 Å². The Kier molecular flexibility index (Phi) is 5.68. The number of carbonyl (C=O) groups is 1. The molecule has 0 radical (unpaired) electrons. The van der Waals surface area contributed by atoms with Crippen molar-refractivity contribution in [1.82, 2.24) is 20.0 Å². The van der Waals surface area contributed by atoms with Crippen molar-refractivity contribution in [2.75, 3.05) is 13.1 Å². The van der Waals surface area contributed by atoms with Crippen molar-refractivity contribution < 1.29 is 9.21 Å². The summed E-state index contributed by atoms with van der Waals surface area (Å²) in [5, 5.41) is 9.02. The first-order valence-corrected chi connectivity index (χ1v) is 10.2. The zero-order valence-corrected chi connectivity index (χ0v) is 16.2. The van der Waals surface area contributed by atoms with Crippen LogP contribution in [0.2, 0.25) is 0 Å². The maximum absolute atomic E-state index is 12.3. The lowest BCUT2D eigenvalue weighted by atomic mass is 10.0. The van der Waals surface area contributed by atoms with Gasteiger partial charge >= 0.3 is 5.76 Å². The van der Waals surface area contributed by atoms with Gasteiger partial charge in [-0.2, -0.15) is 4.68 Å². The normalized spacial score (nSPS) is 15.6. The summed E-state index contributed by atoms with van der Waals surface area (Å²) in [6.07, 6.45) is 1.79. The van der Waals surface area contributed by atoms with Crippen LogP contribution in [-0.2, 0) is 17.9 Å². The highest BCUT2D eigenvalue weighted by molar-refractivity contribution is 7.13. The van der Waals surface area contributed by atoms with Crippen LogP contribution < -0.4 is 11.1 Å². The number of rotatable bonds is 6. The number of nitrogens with zero attached hydrogens (tertiary/aromatic N) is 3. The first kappa shape index (κ1) is 18.6. The Hall–Kier alpha value is -2.71. The van der Waals surface area contributed by atoms with Crippen molar-refractivity contribution in [1.29, 1.82) is 0 Å². The average molecular weight is 398 g/mol. The third-order valence-electron chi connectivity index (χ3n) is 4.83. The number of nitrogens with one attached hydrogen (secondary N) is 1. The van der Waals surface area contributed by atoms with E-state index in [1.54, 1.807) is 0 Å². The number of likely N-dealkylation sites (tertiary alicyclic amines) is 1. The Morgan fingerprint density at radius 2 is 1.96 bits per heavy atom. The molecule has 1 amide bonds. The maximum Gasteiger partial charge on any atom is 0.437 e. The van der Waals surface area contributed by atoms with E-state index >= 15 is 0 Å². The Morgan fingerprint density at radius 3 is 2.68 bits per heavy atom. The van der Waals surface area contributed by atoms with Crippen molar-refractivity contribution in [3.05, 3.63) is 64.0 Å². The topological polar surface area (TPSA) is 80.4 Å². The van der Waals surface area contributed by atoms with E-state index in [-0.39, 0.29) is 24.4 Å². The van der Waals surface area contributed by atoms with Crippen molar-refractivity contribution in [2.24, 2.45) is 0 Å². The molecule has 146 valence electrons. The number of amides is 1. The van der Waals surface area contributed by atoms with Crippen molar-refractivity contribution in [3.8, 4) is 10.8 Å². The smallest absolute Gasteiger partial charge is 0.387 e. The molecule has 4 rings (SSSR count). The van der Waals surface area contributed by atoms with Crippen LogP contribution in [0.3, 0.4) is 0 Å². The van der Waals surface area contributed by atoms with Crippen LogP contribution in [0.4, 0.5) is 0 Å². The van der Waals surface area contributed by atoms with E-state index in [1.165, 1.54) is 16.9 Å². The summed E-state index contributed by atoms with van der Waals surface area (Å²) in [5.74, 6) is -0.576. The summed E-state index contributed by atoms with van der Waals surface area (Å²) in [4.78, 5) is 27.4. The van der Waals surface area contributed by atoms with Crippen LogP contribution in [0, 0.1) is 0 Å². The summed E-state index contributed by atoms with van der Waals surface area (Å²) in [6.45, 7) is 2.68. The molecule has 1 saturated heterocycles. The molecule has 0 atom stereocenters. The van der Waals surface area contributed by atoms with Gasteiger partial charge in [-0.3, -0.25) is 9.69 Å².